The summed E-state index contributed by atoms with van der Waals surface area (Å²) in [6.07, 6.45) is 1.17. The Hall–Kier alpha value is -0.580. The summed E-state index contributed by atoms with van der Waals surface area (Å²) < 4.78 is 1.14. The van der Waals surface area contributed by atoms with Crippen molar-refractivity contribution in [1.29, 1.82) is 0 Å². The van der Waals surface area contributed by atoms with Gasteiger partial charge in [-0.1, -0.05) is 15.9 Å². The van der Waals surface area contributed by atoms with Crippen molar-refractivity contribution in [1.82, 2.24) is 10.2 Å². The Bertz CT molecular complexity index is 395. The number of nitrogens with one attached hydrogen (secondary N) is 2. The smallest absolute Gasteiger partial charge is 0.0370 e. The minimum Gasteiger partial charge on any atom is -0.385 e. The second kappa shape index (κ2) is 6.55. The molecule has 0 bridgehead atoms. The zero-order valence-corrected chi connectivity index (χ0v) is 12.8. The number of rotatable bonds is 4. The summed E-state index contributed by atoms with van der Waals surface area (Å²) in [7, 11) is 2.19. The predicted octanol–water partition coefficient (Wildman–Crippen LogP) is 2.46. The van der Waals surface area contributed by atoms with Gasteiger partial charge in [-0.3, -0.25) is 0 Å². The molecule has 0 saturated carbocycles. The highest BCUT2D eigenvalue weighted by molar-refractivity contribution is 9.10. The van der Waals surface area contributed by atoms with Crippen LogP contribution < -0.4 is 10.6 Å². The van der Waals surface area contributed by atoms with E-state index in [1.165, 1.54) is 17.7 Å². The Morgan fingerprint density at radius 1 is 1.50 bits per heavy atom. The Labute approximate surface area is 118 Å². The van der Waals surface area contributed by atoms with Crippen molar-refractivity contribution >= 4 is 21.6 Å². The van der Waals surface area contributed by atoms with E-state index >= 15 is 0 Å². The highest BCUT2D eigenvalue weighted by atomic mass is 79.9. The van der Waals surface area contributed by atoms with E-state index in [4.69, 9.17) is 0 Å². The number of hydrogen-bond acceptors (Lipinski definition) is 3. The normalized spacial score (nSPS) is 20.9. The van der Waals surface area contributed by atoms with Crippen LogP contribution in [0.4, 0.5) is 5.69 Å². The number of piperazine rings is 1. The van der Waals surface area contributed by atoms with Gasteiger partial charge in [0.25, 0.3) is 0 Å². The fourth-order valence-electron chi connectivity index (χ4n) is 2.39. The van der Waals surface area contributed by atoms with Crippen molar-refractivity contribution in [3.05, 3.63) is 28.2 Å². The molecule has 2 rings (SSSR count). The number of halogens is 1. The van der Waals surface area contributed by atoms with E-state index in [0.717, 1.165) is 30.7 Å². The minimum absolute atomic E-state index is 0.618. The molecule has 0 amide bonds. The van der Waals surface area contributed by atoms with Crippen LogP contribution in [0.15, 0.2) is 22.7 Å². The second-order valence-electron chi connectivity index (χ2n) is 5.09. The molecule has 100 valence electrons. The summed E-state index contributed by atoms with van der Waals surface area (Å²) in [6.45, 7) is 6.59. The van der Waals surface area contributed by atoms with Gasteiger partial charge in [0.15, 0.2) is 0 Å². The molecule has 1 aromatic rings. The molecule has 0 radical (unpaired) electrons. The average Bonchev–Trinajstić information content (AvgIpc) is 2.32. The molecule has 4 heteroatoms. The largest absolute Gasteiger partial charge is 0.385 e. The van der Waals surface area contributed by atoms with Crippen molar-refractivity contribution in [2.24, 2.45) is 0 Å². The molecule has 1 heterocycles. The van der Waals surface area contributed by atoms with Crippen molar-refractivity contribution in [2.75, 3.05) is 38.5 Å². The lowest BCUT2D eigenvalue weighted by atomic mass is 10.1. The molecule has 1 aromatic carbocycles. The Balaban J connectivity index is 1.77. The molecular weight excluding hydrogens is 290 g/mol. The van der Waals surface area contributed by atoms with Crippen molar-refractivity contribution < 1.29 is 0 Å². The quantitative estimate of drug-likeness (QED) is 0.894. The summed E-state index contributed by atoms with van der Waals surface area (Å²) in [5.41, 5.74) is 2.53. The molecule has 1 fully saturated rings. The van der Waals surface area contributed by atoms with Gasteiger partial charge in [-0.05, 0) is 44.2 Å². The van der Waals surface area contributed by atoms with Crippen LogP contribution in [0.3, 0.4) is 0 Å². The van der Waals surface area contributed by atoms with Gasteiger partial charge in [-0.2, -0.15) is 0 Å². The zero-order chi connectivity index (χ0) is 13.0. The summed E-state index contributed by atoms with van der Waals surface area (Å²) in [4.78, 5) is 2.39. The average molecular weight is 312 g/mol. The SMILES string of the molecule is Cc1cc(Br)ccc1NCCC1CN(C)CCN1. The summed E-state index contributed by atoms with van der Waals surface area (Å²) in [5, 5.41) is 7.09. The fourth-order valence-corrected chi connectivity index (χ4v) is 2.87. The van der Waals surface area contributed by atoms with E-state index in [1.807, 2.05) is 0 Å². The van der Waals surface area contributed by atoms with E-state index in [-0.39, 0.29) is 0 Å². The van der Waals surface area contributed by atoms with Crippen LogP contribution in [0.2, 0.25) is 0 Å². The molecular formula is C14H22BrN3. The third-order valence-corrected chi connectivity index (χ3v) is 3.95. The molecule has 0 spiro atoms. The topological polar surface area (TPSA) is 27.3 Å². The summed E-state index contributed by atoms with van der Waals surface area (Å²) in [5.74, 6) is 0. The Morgan fingerprint density at radius 2 is 2.33 bits per heavy atom. The predicted molar refractivity (Wildman–Crippen MR) is 81.3 cm³/mol. The van der Waals surface area contributed by atoms with Gasteiger partial charge >= 0.3 is 0 Å². The third-order valence-electron chi connectivity index (χ3n) is 3.46. The maximum atomic E-state index is 3.57. The molecule has 2 N–H and O–H groups in total. The number of benzene rings is 1. The molecule has 18 heavy (non-hydrogen) atoms. The summed E-state index contributed by atoms with van der Waals surface area (Å²) in [6, 6.07) is 6.99. The highest BCUT2D eigenvalue weighted by Crippen LogP contribution is 2.20. The lowest BCUT2D eigenvalue weighted by molar-refractivity contribution is 0.234. The van der Waals surface area contributed by atoms with Crippen LogP contribution in [0.1, 0.15) is 12.0 Å². The highest BCUT2D eigenvalue weighted by Gasteiger charge is 2.15. The van der Waals surface area contributed by atoms with Crippen molar-refractivity contribution in [2.45, 2.75) is 19.4 Å². The van der Waals surface area contributed by atoms with Crippen LogP contribution in [-0.4, -0.2) is 44.2 Å². The molecule has 1 unspecified atom stereocenters. The second-order valence-corrected chi connectivity index (χ2v) is 6.00. The lowest BCUT2D eigenvalue weighted by Crippen LogP contribution is -2.49. The van der Waals surface area contributed by atoms with Gasteiger partial charge in [0.05, 0.1) is 0 Å². The number of aryl methyl sites for hydroxylation is 1. The van der Waals surface area contributed by atoms with Crippen LogP contribution in [-0.2, 0) is 0 Å². The van der Waals surface area contributed by atoms with Gasteiger partial charge in [0.1, 0.15) is 0 Å². The first kappa shape index (κ1) is 13.8. The first-order valence-electron chi connectivity index (χ1n) is 6.57. The molecule has 1 atom stereocenters. The van der Waals surface area contributed by atoms with Gasteiger partial charge < -0.3 is 15.5 Å². The third kappa shape index (κ3) is 3.97. The molecule has 0 aromatic heterocycles. The number of likely N-dealkylation sites (N-methyl/N-ethyl adjacent to an activating group) is 1. The van der Waals surface area contributed by atoms with E-state index < -0.39 is 0 Å². The van der Waals surface area contributed by atoms with Crippen molar-refractivity contribution in [3.63, 3.8) is 0 Å². The van der Waals surface area contributed by atoms with E-state index in [0.29, 0.717) is 6.04 Å². The molecule has 1 aliphatic rings. The minimum atomic E-state index is 0.618. The molecule has 1 aliphatic heterocycles. The fraction of sp³-hybridized carbons (Fsp3) is 0.571. The van der Waals surface area contributed by atoms with E-state index in [2.05, 4.69) is 63.6 Å². The summed E-state index contributed by atoms with van der Waals surface area (Å²) >= 11 is 3.49. The molecule has 1 saturated heterocycles. The van der Waals surface area contributed by atoms with Crippen LogP contribution >= 0.6 is 15.9 Å². The first-order valence-corrected chi connectivity index (χ1v) is 7.36. The number of anilines is 1. The maximum Gasteiger partial charge on any atom is 0.0370 e. The number of nitrogens with zero attached hydrogens (tertiary/aromatic N) is 1. The first-order chi connectivity index (χ1) is 8.65. The maximum absolute atomic E-state index is 3.57. The van der Waals surface area contributed by atoms with Gasteiger partial charge in [0.2, 0.25) is 0 Å². The van der Waals surface area contributed by atoms with Crippen LogP contribution in [0.25, 0.3) is 0 Å². The molecule has 3 nitrogen and oxygen atoms in total. The number of hydrogen-bond donors (Lipinski definition) is 2. The van der Waals surface area contributed by atoms with E-state index in [1.54, 1.807) is 0 Å². The standard InChI is InChI=1S/C14H22BrN3/c1-11-9-12(15)3-4-14(11)17-6-5-13-10-18(2)8-7-16-13/h3-4,9,13,16-17H,5-8,10H2,1-2H3. The molecule has 0 aliphatic carbocycles. The Kier molecular flexibility index (Phi) is 5.03. The van der Waals surface area contributed by atoms with Gasteiger partial charge in [-0.15, -0.1) is 0 Å². The zero-order valence-electron chi connectivity index (χ0n) is 11.2. The van der Waals surface area contributed by atoms with Crippen LogP contribution in [0.5, 0.6) is 0 Å². The van der Waals surface area contributed by atoms with Gasteiger partial charge in [-0.25, -0.2) is 0 Å². The lowest BCUT2D eigenvalue weighted by Gasteiger charge is -2.31. The van der Waals surface area contributed by atoms with Gasteiger partial charge in [0, 0.05) is 42.4 Å². The monoisotopic (exact) mass is 311 g/mol. The van der Waals surface area contributed by atoms with Crippen LogP contribution in [0, 0.1) is 6.92 Å². The van der Waals surface area contributed by atoms with Crippen molar-refractivity contribution in [3.8, 4) is 0 Å². The van der Waals surface area contributed by atoms with E-state index in [9.17, 15) is 0 Å². The Morgan fingerprint density at radius 3 is 3.06 bits per heavy atom.